The van der Waals surface area contributed by atoms with Gasteiger partial charge in [-0.15, -0.1) is 0 Å². The van der Waals surface area contributed by atoms with Crippen LogP contribution in [0, 0.1) is 0 Å². The molecule has 0 spiro atoms. The van der Waals surface area contributed by atoms with Gasteiger partial charge in [-0.05, 0) is 0 Å². The number of hydrogen-bond donors (Lipinski definition) is 0. The maximum Gasteiger partial charge on any atom is 1.00 e. The van der Waals surface area contributed by atoms with Crippen LogP contribution in [0.25, 0.3) is 0 Å². The smallest absolute Gasteiger partial charge is 0.693 e. The molecule has 0 aromatic heterocycles. The first kappa shape index (κ1) is 24.6. The van der Waals surface area contributed by atoms with E-state index in [1.807, 2.05) is 0 Å². The van der Waals surface area contributed by atoms with Gasteiger partial charge in [0.15, 0.2) is 0 Å². The summed E-state index contributed by atoms with van der Waals surface area (Å²) < 4.78 is 32.0. The summed E-state index contributed by atoms with van der Waals surface area (Å²) in [6.45, 7) is 7.04. The van der Waals surface area contributed by atoms with Crippen LogP contribution in [0.15, 0.2) is 0 Å². The molecule has 0 aromatic rings. The molecular formula is C12H24KO8. The van der Waals surface area contributed by atoms with Gasteiger partial charge in [-0.3, -0.25) is 0 Å². The minimum atomic E-state index is 0. The van der Waals surface area contributed by atoms with Crippen LogP contribution in [0.4, 0.5) is 0 Å². The zero-order valence-electron chi connectivity index (χ0n) is 12.8. The fraction of sp³-hybridized carbons (Fsp3) is 1.00. The third-order valence-corrected chi connectivity index (χ3v) is 2.23. The summed E-state index contributed by atoms with van der Waals surface area (Å²) in [5.41, 5.74) is 0. The molecule has 1 rings (SSSR count). The number of ether oxygens (including phenoxy) is 6. The molecule has 8 nitrogen and oxygen atoms in total. The molecule has 1 aliphatic heterocycles. The van der Waals surface area contributed by atoms with Crippen LogP contribution in [0.2, 0.25) is 0 Å². The van der Waals surface area contributed by atoms with Crippen molar-refractivity contribution in [3.63, 3.8) is 0 Å². The average molecular weight is 335 g/mol. The maximum atomic E-state index is 7.00. The van der Waals surface area contributed by atoms with Crippen LogP contribution >= 0.6 is 0 Å². The van der Waals surface area contributed by atoms with Gasteiger partial charge >= 0.3 is 51.4 Å². The normalized spacial score (nSPS) is 20.9. The fourth-order valence-electron chi connectivity index (χ4n) is 1.32. The molecule has 0 unspecified atom stereocenters. The standard InChI is InChI=1S/C12H24O6.K.O2/c1-2-14-5-6-16-9-10-18-12-11-17-8-7-15-4-3-13-1;;1-2/h1-12H2;;/q;+1;-1. The van der Waals surface area contributed by atoms with Crippen molar-refractivity contribution in [1.82, 2.24) is 0 Å². The minimum Gasteiger partial charge on any atom is -0.693 e. The Balaban J connectivity index is 0. The summed E-state index contributed by atoms with van der Waals surface area (Å²) in [6.07, 6.45) is 0. The summed E-state index contributed by atoms with van der Waals surface area (Å²) in [7, 11) is 0. The van der Waals surface area contributed by atoms with Crippen LogP contribution in [0.5, 0.6) is 0 Å². The molecule has 1 fully saturated rings. The third-order valence-electron chi connectivity index (χ3n) is 2.23. The summed E-state index contributed by atoms with van der Waals surface area (Å²) in [4.78, 5) is 0. The molecule has 1 saturated heterocycles. The molecule has 21 heavy (non-hydrogen) atoms. The Bertz CT molecular complexity index is 100. The van der Waals surface area contributed by atoms with Crippen LogP contribution in [-0.4, -0.2) is 79.3 Å². The molecule has 0 aliphatic carbocycles. The van der Waals surface area contributed by atoms with Gasteiger partial charge in [0.2, 0.25) is 0 Å². The molecule has 1 aliphatic rings. The Morgan fingerprint density at radius 3 is 0.571 bits per heavy atom. The molecule has 0 atom stereocenters. The first-order chi connectivity index (χ1) is 10.0. The first-order valence-corrected chi connectivity index (χ1v) is 6.63. The van der Waals surface area contributed by atoms with E-state index < -0.39 is 0 Å². The van der Waals surface area contributed by atoms with E-state index in [9.17, 15) is 0 Å². The van der Waals surface area contributed by atoms with Gasteiger partial charge in [-0.2, -0.15) is 0 Å². The van der Waals surface area contributed by atoms with Gasteiger partial charge in [-0.25, -0.2) is 0 Å². The largest absolute Gasteiger partial charge is 1.00 e. The van der Waals surface area contributed by atoms with E-state index in [2.05, 4.69) is 0 Å². The van der Waals surface area contributed by atoms with Crippen molar-refractivity contribution >= 4 is 0 Å². The Kier molecular flexibility index (Phi) is 27.6. The number of hydrogen-bond acceptors (Lipinski definition) is 7. The quantitative estimate of drug-likeness (QED) is 0.251. The zero-order valence-corrected chi connectivity index (χ0v) is 15.9. The van der Waals surface area contributed by atoms with Gasteiger partial charge in [0.1, 0.15) is 0 Å². The summed E-state index contributed by atoms with van der Waals surface area (Å²) in [5.74, 6) is 0. The van der Waals surface area contributed by atoms with Crippen molar-refractivity contribution in [3.8, 4) is 0 Å². The van der Waals surface area contributed by atoms with E-state index in [1.54, 1.807) is 0 Å². The molecule has 1 radical (unpaired) electrons. The van der Waals surface area contributed by atoms with Gasteiger partial charge in [0.05, 0.1) is 79.3 Å². The topological polar surface area (TPSA) is 98.3 Å². The second-order valence-corrected chi connectivity index (χ2v) is 3.67. The van der Waals surface area contributed by atoms with Crippen molar-refractivity contribution in [2.75, 3.05) is 79.3 Å². The zero-order chi connectivity index (χ0) is 14.7. The summed E-state index contributed by atoms with van der Waals surface area (Å²) in [5, 5.41) is 14.0. The van der Waals surface area contributed by atoms with Crippen LogP contribution in [0.1, 0.15) is 0 Å². The molecule has 0 saturated carbocycles. The SMILES string of the molecule is C1COCCOCCOCCOCCOCCO1.[K+].[O][O-]. The average Bonchev–Trinajstić information content (AvgIpc) is 2.49. The first-order valence-electron chi connectivity index (χ1n) is 6.63. The molecule has 0 aromatic carbocycles. The van der Waals surface area contributed by atoms with Crippen molar-refractivity contribution in [3.05, 3.63) is 0 Å². The van der Waals surface area contributed by atoms with E-state index in [0.29, 0.717) is 79.3 Å². The Labute approximate surface area is 168 Å². The van der Waals surface area contributed by atoms with E-state index in [0.717, 1.165) is 0 Å². The molecule has 1 heterocycles. The van der Waals surface area contributed by atoms with Crippen molar-refractivity contribution < 1.29 is 90.3 Å². The van der Waals surface area contributed by atoms with Gasteiger partial charge in [0.25, 0.3) is 0 Å². The van der Waals surface area contributed by atoms with E-state index in [4.69, 9.17) is 38.9 Å². The maximum absolute atomic E-state index is 7.00. The molecular weight excluding hydrogens is 311 g/mol. The number of rotatable bonds is 0. The Morgan fingerprint density at radius 2 is 0.476 bits per heavy atom. The predicted molar refractivity (Wildman–Crippen MR) is 65.6 cm³/mol. The van der Waals surface area contributed by atoms with Crippen LogP contribution < -0.4 is 56.6 Å². The monoisotopic (exact) mass is 335 g/mol. The van der Waals surface area contributed by atoms with Crippen molar-refractivity contribution in [2.45, 2.75) is 0 Å². The summed E-state index contributed by atoms with van der Waals surface area (Å²) in [6, 6.07) is 0. The fourth-order valence-corrected chi connectivity index (χ4v) is 1.32. The Hall–Kier alpha value is 1.32. The van der Waals surface area contributed by atoms with Crippen LogP contribution in [0.3, 0.4) is 0 Å². The van der Waals surface area contributed by atoms with Gasteiger partial charge in [-0.1, -0.05) is 0 Å². The Morgan fingerprint density at radius 1 is 0.381 bits per heavy atom. The molecule has 121 valence electrons. The molecule has 0 amide bonds. The van der Waals surface area contributed by atoms with Crippen LogP contribution in [-0.2, 0) is 33.7 Å². The third kappa shape index (κ3) is 21.3. The van der Waals surface area contributed by atoms with E-state index in [-0.39, 0.29) is 51.4 Å². The van der Waals surface area contributed by atoms with E-state index in [1.165, 1.54) is 0 Å². The second-order valence-electron chi connectivity index (χ2n) is 3.67. The second kappa shape index (κ2) is 23.6. The van der Waals surface area contributed by atoms with Gasteiger partial charge in [0, 0.05) is 0 Å². The van der Waals surface area contributed by atoms with Gasteiger partial charge < -0.3 is 38.9 Å². The summed E-state index contributed by atoms with van der Waals surface area (Å²) >= 11 is 0. The molecule has 9 heteroatoms. The predicted octanol–water partition coefficient (Wildman–Crippen LogP) is -4.20. The molecule has 0 bridgehead atoms. The van der Waals surface area contributed by atoms with Crippen molar-refractivity contribution in [1.29, 1.82) is 0 Å². The van der Waals surface area contributed by atoms with Crippen molar-refractivity contribution in [2.24, 2.45) is 0 Å². The molecule has 0 N–H and O–H groups in total. The minimum absolute atomic E-state index is 0. The van der Waals surface area contributed by atoms with E-state index >= 15 is 0 Å².